The lowest BCUT2D eigenvalue weighted by Crippen LogP contribution is -2.24. The Morgan fingerprint density at radius 1 is 1.30 bits per heavy atom. The van der Waals surface area contributed by atoms with E-state index < -0.39 is 0 Å². The van der Waals surface area contributed by atoms with Gasteiger partial charge in [-0.15, -0.1) is 0 Å². The Bertz CT molecular complexity index is 651. The van der Waals surface area contributed by atoms with Crippen LogP contribution in [0.2, 0.25) is 0 Å². The first-order valence-electron chi connectivity index (χ1n) is 7.34. The third kappa shape index (κ3) is 2.46. The summed E-state index contributed by atoms with van der Waals surface area (Å²) in [5, 5.41) is 13.8. The largest absolute Gasteiger partial charge is 0.366 e. The maximum Gasteiger partial charge on any atom is 0.144 e. The maximum absolute atomic E-state index is 9.33. The highest BCUT2D eigenvalue weighted by Gasteiger charge is 2.22. The molecule has 1 atom stereocenters. The molecule has 0 spiro atoms. The van der Waals surface area contributed by atoms with E-state index in [4.69, 9.17) is 0 Å². The van der Waals surface area contributed by atoms with E-state index in [1.54, 1.807) is 0 Å². The summed E-state index contributed by atoms with van der Waals surface area (Å²) < 4.78 is 0. The van der Waals surface area contributed by atoms with Crippen LogP contribution in [0.4, 0.5) is 5.82 Å². The SMILES string of the molecule is CC(Nc1nc2ccccc2cc1C#N)C1CCCC1. The number of rotatable bonds is 3. The quantitative estimate of drug-likeness (QED) is 0.909. The highest BCUT2D eigenvalue weighted by molar-refractivity contribution is 5.82. The normalized spacial score (nSPS) is 17.0. The van der Waals surface area contributed by atoms with Crippen molar-refractivity contribution in [2.45, 2.75) is 38.6 Å². The Labute approximate surface area is 119 Å². The lowest BCUT2D eigenvalue weighted by molar-refractivity contribution is 0.481. The Morgan fingerprint density at radius 3 is 2.80 bits per heavy atom. The second-order valence-corrected chi connectivity index (χ2v) is 5.67. The fourth-order valence-corrected chi connectivity index (χ4v) is 3.10. The minimum atomic E-state index is 0.373. The molecule has 1 aromatic carbocycles. The van der Waals surface area contributed by atoms with Gasteiger partial charge in [0.2, 0.25) is 0 Å². The zero-order valence-electron chi connectivity index (χ0n) is 11.8. The highest BCUT2D eigenvalue weighted by Crippen LogP contribution is 2.30. The number of nitrogens with one attached hydrogen (secondary N) is 1. The van der Waals surface area contributed by atoms with Crippen molar-refractivity contribution in [2.75, 3.05) is 5.32 Å². The first kappa shape index (κ1) is 12.9. The molecule has 0 radical (unpaired) electrons. The molecule has 1 unspecified atom stereocenters. The van der Waals surface area contributed by atoms with E-state index in [0.717, 1.165) is 16.7 Å². The Balaban J connectivity index is 1.91. The van der Waals surface area contributed by atoms with Crippen LogP contribution in [0.25, 0.3) is 10.9 Å². The molecule has 1 aliphatic carbocycles. The van der Waals surface area contributed by atoms with E-state index in [0.29, 0.717) is 17.5 Å². The summed E-state index contributed by atoms with van der Waals surface area (Å²) in [7, 11) is 0. The molecule has 1 heterocycles. The molecule has 0 aliphatic heterocycles. The number of aromatic nitrogens is 1. The molecule has 2 aromatic rings. The molecule has 1 aliphatic rings. The highest BCUT2D eigenvalue weighted by atomic mass is 15.0. The Hall–Kier alpha value is -2.08. The van der Waals surface area contributed by atoms with E-state index in [9.17, 15) is 5.26 Å². The standard InChI is InChI=1S/C17H19N3/c1-12(13-6-2-3-7-13)19-17-15(11-18)10-14-8-4-5-9-16(14)20-17/h4-5,8-10,12-13H,2-3,6-7H2,1H3,(H,19,20). The van der Waals surface area contributed by atoms with Gasteiger partial charge in [0.1, 0.15) is 11.9 Å². The maximum atomic E-state index is 9.33. The topological polar surface area (TPSA) is 48.7 Å². The van der Waals surface area contributed by atoms with Gasteiger partial charge < -0.3 is 5.32 Å². The van der Waals surface area contributed by atoms with Gasteiger partial charge in [-0.3, -0.25) is 0 Å². The Morgan fingerprint density at radius 2 is 2.05 bits per heavy atom. The lowest BCUT2D eigenvalue weighted by atomic mass is 9.99. The van der Waals surface area contributed by atoms with Gasteiger partial charge in [-0.1, -0.05) is 31.0 Å². The van der Waals surface area contributed by atoms with E-state index in [2.05, 4.69) is 23.3 Å². The van der Waals surface area contributed by atoms with Crippen LogP contribution in [0.5, 0.6) is 0 Å². The average Bonchev–Trinajstić information content (AvgIpc) is 3.01. The van der Waals surface area contributed by atoms with Gasteiger partial charge in [-0.05, 0) is 37.8 Å². The number of benzene rings is 1. The number of pyridine rings is 1. The summed E-state index contributed by atoms with van der Waals surface area (Å²) in [6.07, 6.45) is 5.22. The molecule has 0 bridgehead atoms. The number of hydrogen-bond acceptors (Lipinski definition) is 3. The molecule has 20 heavy (non-hydrogen) atoms. The molecular weight excluding hydrogens is 246 g/mol. The smallest absolute Gasteiger partial charge is 0.144 e. The number of nitriles is 1. The zero-order valence-corrected chi connectivity index (χ0v) is 11.8. The molecule has 0 amide bonds. The summed E-state index contributed by atoms with van der Waals surface area (Å²) >= 11 is 0. The van der Waals surface area contributed by atoms with Crippen molar-refractivity contribution < 1.29 is 0 Å². The molecular formula is C17H19N3. The second kappa shape index (κ2) is 5.50. The minimum Gasteiger partial charge on any atom is -0.366 e. The van der Waals surface area contributed by atoms with Gasteiger partial charge >= 0.3 is 0 Å². The molecule has 3 rings (SSSR count). The fraction of sp³-hybridized carbons (Fsp3) is 0.412. The average molecular weight is 265 g/mol. The second-order valence-electron chi connectivity index (χ2n) is 5.67. The predicted molar refractivity (Wildman–Crippen MR) is 81.5 cm³/mol. The van der Waals surface area contributed by atoms with Gasteiger partial charge in [-0.25, -0.2) is 4.98 Å². The van der Waals surface area contributed by atoms with Gasteiger partial charge in [0.25, 0.3) is 0 Å². The first-order valence-corrected chi connectivity index (χ1v) is 7.34. The molecule has 1 N–H and O–H groups in total. The van der Waals surface area contributed by atoms with Gasteiger partial charge in [-0.2, -0.15) is 5.26 Å². The molecule has 1 saturated carbocycles. The van der Waals surface area contributed by atoms with Crippen molar-refractivity contribution >= 4 is 16.7 Å². The van der Waals surface area contributed by atoms with Crippen molar-refractivity contribution in [3.63, 3.8) is 0 Å². The van der Waals surface area contributed by atoms with Crippen LogP contribution in [-0.2, 0) is 0 Å². The molecule has 102 valence electrons. The summed E-state index contributed by atoms with van der Waals surface area (Å²) in [6.45, 7) is 2.20. The van der Waals surface area contributed by atoms with E-state index >= 15 is 0 Å². The minimum absolute atomic E-state index is 0.373. The summed E-state index contributed by atoms with van der Waals surface area (Å²) in [6, 6.07) is 12.5. The van der Waals surface area contributed by atoms with Gasteiger partial charge in [0.05, 0.1) is 11.1 Å². The number of para-hydroxylation sites is 1. The van der Waals surface area contributed by atoms with E-state index in [1.807, 2.05) is 30.3 Å². The van der Waals surface area contributed by atoms with Crippen molar-refractivity contribution in [3.8, 4) is 6.07 Å². The van der Waals surface area contributed by atoms with Crippen LogP contribution in [-0.4, -0.2) is 11.0 Å². The Kier molecular flexibility index (Phi) is 3.56. The number of hydrogen-bond donors (Lipinski definition) is 1. The number of fused-ring (bicyclic) bond motifs is 1. The molecule has 0 saturated heterocycles. The van der Waals surface area contributed by atoms with Crippen molar-refractivity contribution in [3.05, 3.63) is 35.9 Å². The predicted octanol–water partition coefficient (Wildman–Crippen LogP) is 4.10. The molecule has 1 aromatic heterocycles. The van der Waals surface area contributed by atoms with Crippen molar-refractivity contribution in [1.29, 1.82) is 5.26 Å². The fourth-order valence-electron chi connectivity index (χ4n) is 3.10. The van der Waals surface area contributed by atoms with Gasteiger partial charge in [0.15, 0.2) is 0 Å². The van der Waals surface area contributed by atoms with E-state index in [1.165, 1.54) is 25.7 Å². The molecule has 1 fully saturated rings. The summed E-state index contributed by atoms with van der Waals surface area (Å²) in [5.74, 6) is 1.43. The third-order valence-corrected chi connectivity index (χ3v) is 4.32. The monoisotopic (exact) mass is 265 g/mol. The number of anilines is 1. The van der Waals surface area contributed by atoms with Crippen LogP contribution in [0, 0.1) is 17.2 Å². The number of nitrogens with zero attached hydrogens (tertiary/aromatic N) is 2. The first-order chi connectivity index (χ1) is 9.78. The van der Waals surface area contributed by atoms with Crippen LogP contribution >= 0.6 is 0 Å². The van der Waals surface area contributed by atoms with E-state index in [-0.39, 0.29) is 0 Å². The third-order valence-electron chi connectivity index (χ3n) is 4.32. The van der Waals surface area contributed by atoms with Crippen molar-refractivity contribution in [1.82, 2.24) is 4.98 Å². The van der Waals surface area contributed by atoms with Crippen LogP contribution in [0.3, 0.4) is 0 Å². The summed E-state index contributed by atoms with van der Waals surface area (Å²) in [5.41, 5.74) is 1.57. The molecule has 3 heteroatoms. The van der Waals surface area contributed by atoms with Crippen LogP contribution in [0.1, 0.15) is 38.2 Å². The van der Waals surface area contributed by atoms with Gasteiger partial charge in [0, 0.05) is 11.4 Å². The molecule has 3 nitrogen and oxygen atoms in total. The van der Waals surface area contributed by atoms with Crippen LogP contribution in [0.15, 0.2) is 30.3 Å². The zero-order chi connectivity index (χ0) is 13.9. The van der Waals surface area contributed by atoms with Crippen molar-refractivity contribution in [2.24, 2.45) is 5.92 Å². The lowest BCUT2D eigenvalue weighted by Gasteiger charge is -2.21. The van der Waals surface area contributed by atoms with Crippen LogP contribution < -0.4 is 5.32 Å². The summed E-state index contributed by atoms with van der Waals surface area (Å²) in [4.78, 5) is 4.62.